The van der Waals surface area contributed by atoms with Gasteiger partial charge >= 0.3 is 12.3 Å². The first-order valence-corrected chi connectivity index (χ1v) is 7.67. The van der Waals surface area contributed by atoms with Gasteiger partial charge in [0.15, 0.2) is 5.82 Å². The van der Waals surface area contributed by atoms with Crippen molar-refractivity contribution in [2.75, 3.05) is 6.54 Å². The first-order valence-electron chi connectivity index (χ1n) is 7.67. The fraction of sp³-hybridized carbons (Fsp3) is 0.211. The maximum Gasteiger partial charge on any atom is 0.419 e. The summed E-state index contributed by atoms with van der Waals surface area (Å²) in [7, 11) is 0. The summed E-state index contributed by atoms with van der Waals surface area (Å²) >= 11 is 0. The molecule has 0 aliphatic rings. The van der Waals surface area contributed by atoms with Gasteiger partial charge in [-0.3, -0.25) is 0 Å². The number of hydrogen-bond acceptors (Lipinski definition) is 2. The highest BCUT2D eigenvalue weighted by Crippen LogP contribution is 2.32. The molecule has 0 aromatic heterocycles. The van der Waals surface area contributed by atoms with Crippen molar-refractivity contribution in [2.24, 2.45) is 0 Å². The Kier molecular flexibility index (Phi) is 6.61. The number of amides is 1. The predicted octanol–water partition coefficient (Wildman–Crippen LogP) is 4.51. The Labute approximate surface area is 148 Å². The Morgan fingerprint density at radius 1 is 1.08 bits per heavy atom. The molecule has 26 heavy (non-hydrogen) atoms. The molecule has 0 saturated carbocycles. The van der Waals surface area contributed by atoms with E-state index >= 15 is 0 Å². The minimum Gasteiger partial charge on any atom is -0.445 e. The molecular weight excluding hydrogens is 350 g/mol. The zero-order valence-electron chi connectivity index (χ0n) is 13.6. The van der Waals surface area contributed by atoms with Crippen LogP contribution in [0.15, 0.2) is 48.5 Å². The van der Waals surface area contributed by atoms with Crippen LogP contribution in [-0.2, 0) is 17.5 Å². The van der Waals surface area contributed by atoms with E-state index in [1.54, 1.807) is 0 Å². The van der Waals surface area contributed by atoms with Crippen LogP contribution in [0, 0.1) is 17.7 Å². The quantitative estimate of drug-likeness (QED) is 0.492. The van der Waals surface area contributed by atoms with Gasteiger partial charge in [-0.2, -0.15) is 13.2 Å². The van der Waals surface area contributed by atoms with Crippen molar-refractivity contribution >= 4 is 6.09 Å². The molecule has 0 atom stereocenters. The number of benzene rings is 2. The minimum absolute atomic E-state index is 0.119. The topological polar surface area (TPSA) is 38.3 Å². The molecular formula is C19H15F4NO2. The normalized spacial score (nSPS) is 10.6. The molecule has 0 unspecified atom stereocenters. The van der Waals surface area contributed by atoms with Gasteiger partial charge in [-0.1, -0.05) is 48.2 Å². The molecule has 0 bridgehead atoms. The number of alkyl halides is 3. The third-order valence-corrected chi connectivity index (χ3v) is 3.26. The molecule has 0 aliphatic carbocycles. The van der Waals surface area contributed by atoms with Gasteiger partial charge in [0.25, 0.3) is 0 Å². The van der Waals surface area contributed by atoms with Crippen LogP contribution < -0.4 is 5.32 Å². The average Bonchev–Trinajstić information content (AvgIpc) is 2.61. The van der Waals surface area contributed by atoms with Crippen LogP contribution in [0.4, 0.5) is 22.4 Å². The van der Waals surface area contributed by atoms with Crippen molar-refractivity contribution in [3.8, 4) is 11.8 Å². The molecule has 1 amide bonds. The van der Waals surface area contributed by atoms with E-state index in [0.717, 1.165) is 11.6 Å². The van der Waals surface area contributed by atoms with Crippen molar-refractivity contribution in [3.05, 3.63) is 71.0 Å². The standard InChI is InChI=1S/C19H15F4NO2/c20-17-15(10-6-11-16(17)19(21,22)23)9-4-5-12-24-18(25)26-13-14-7-2-1-3-8-14/h1-3,6-8,10-11H,5,12-13H2,(H,24,25). The van der Waals surface area contributed by atoms with Crippen molar-refractivity contribution in [2.45, 2.75) is 19.2 Å². The molecule has 0 spiro atoms. The molecule has 7 heteroatoms. The average molecular weight is 365 g/mol. The van der Waals surface area contributed by atoms with E-state index in [9.17, 15) is 22.4 Å². The summed E-state index contributed by atoms with van der Waals surface area (Å²) in [6.45, 7) is 0.245. The van der Waals surface area contributed by atoms with Gasteiger partial charge in [-0.05, 0) is 17.7 Å². The summed E-state index contributed by atoms with van der Waals surface area (Å²) in [5.41, 5.74) is -0.860. The summed E-state index contributed by atoms with van der Waals surface area (Å²) in [5, 5.41) is 2.45. The fourth-order valence-corrected chi connectivity index (χ4v) is 2.01. The molecule has 2 aromatic carbocycles. The van der Waals surface area contributed by atoms with E-state index in [2.05, 4.69) is 17.2 Å². The second kappa shape index (κ2) is 8.90. The Hall–Kier alpha value is -3.01. The largest absolute Gasteiger partial charge is 0.445 e. The SMILES string of the molecule is O=C(NCCC#Cc1cccc(C(F)(F)F)c1F)OCc1ccccc1. The lowest BCUT2D eigenvalue weighted by molar-refractivity contribution is -0.140. The Balaban J connectivity index is 1.79. The summed E-state index contributed by atoms with van der Waals surface area (Å²) in [6, 6.07) is 12.0. The zero-order valence-corrected chi connectivity index (χ0v) is 13.6. The van der Waals surface area contributed by atoms with Crippen molar-refractivity contribution in [1.82, 2.24) is 5.32 Å². The molecule has 0 heterocycles. The number of rotatable bonds is 4. The monoisotopic (exact) mass is 365 g/mol. The van der Waals surface area contributed by atoms with E-state index < -0.39 is 23.7 Å². The fourth-order valence-electron chi connectivity index (χ4n) is 2.01. The third-order valence-electron chi connectivity index (χ3n) is 3.26. The zero-order chi connectivity index (χ0) is 19.0. The maximum absolute atomic E-state index is 13.8. The Bertz CT molecular complexity index is 808. The van der Waals surface area contributed by atoms with Crippen LogP contribution >= 0.6 is 0 Å². The van der Waals surface area contributed by atoms with Gasteiger partial charge in [0, 0.05) is 13.0 Å². The first kappa shape index (κ1) is 19.3. The van der Waals surface area contributed by atoms with Gasteiger partial charge in [-0.25, -0.2) is 9.18 Å². The molecule has 0 fully saturated rings. The second-order valence-corrected chi connectivity index (χ2v) is 5.21. The highest BCUT2D eigenvalue weighted by molar-refractivity contribution is 5.67. The predicted molar refractivity (Wildman–Crippen MR) is 87.5 cm³/mol. The van der Waals surface area contributed by atoms with Gasteiger partial charge in [0.05, 0.1) is 11.1 Å². The summed E-state index contributed by atoms with van der Waals surface area (Å²) in [6.07, 6.45) is -5.27. The van der Waals surface area contributed by atoms with Gasteiger partial charge < -0.3 is 10.1 Å². The number of hydrogen-bond donors (Lipinski definition) is 1. The number of carbonyl (C=O) groups excluding carboxylic acids is 1. The lowest BCUT2D eigenvalue weighted by atomic mass is 10.1. The van der Waals surface area contributed by atoms with Crippen LogP contribution in [-0.4, -0.2) is 12.6 Å². The van der Waals surface area contributed by atoms with Crippen LogP contribution in [0.5, 0.6) is 0 Å². The molecule has 136 valence electrons. The number of carbonyl (C=O) groups is 1. The Morgan fingerprint density at radius 3 is 2.50 bits per heavy atom. The number of alkyl carbamates (subject to hydrolysis) is 1. The lowest BCUT2D eigenvalue weighted by Crippen LogP contribution is -2.24. The molecule has 2 rings (SSSR count). The van der Waals surface area contributed by atoms with Crippen molar-refractivity contribution < 1.29 is 27.1 Å². The molecule has 0 saturated heterocycles. The smallest absolute Gasteiger partial charge is 0.419 e. The number of nitrogens with one attached hydrogen (secondary N) is 1. The van der Waals surface area contributed by atoms with E-state index in [-0.39, 0.29) is 25.1 Å². The van der Waals surface area contributed by atoms with E-state index in [1.807, 2.05) is 30.3 Å². The van der Waals surface area contributed by atoms with E-state index in [1.165, 1.54) is 6.07 Å². The van der Waals surface area contributed by atoms with Crippen LogP contribution in [0.25, 0.3) is 0 Å². The summed E-state index contributed by atoms with van der Waals surface area (Å²) < 4.78 is 56.6. The van der Waals surface area contributed by atoms with Gasteiger partial charge in [0.2, 0.25) is 0 Å². The van der Waals surface area contributed by atoms with Crippen LogP contribution in [0.2, 0.25) is 0 Å². The van der Waals surface area contributed by atoms with Crippen LogP contribution in [0.3, 0.4) is 0 Å². The lowest BCUT2D eigenvalue weighted by Gasteiger charge is -2.08. The van der Waals surface area contributed by atoms with Crippen LogP contribution in [0.1, 0.15) is 23.1 Å². The second-order valence-electron chi connectivity index (χ2n) is 5.21. The van der Waals surface area contributed by atoms with Crippen molar-refractivity contribution in [3.63, 3.8) is 0 Å². The number of halogens is 4. The third kappa shape index (κ3) is 5.81. The van der Waals surface area contributed by atoms with E-state index in [4.69, 9.17) is 4.74 Å². The van der Waals surface area contributed by atoms with Crippen molar-refractivity contribution in [1.29, 1.82) is 0 Å². The summed E-state index contributed by atoms with van der Waals surface area (Å²) in [5.74, 6) is 3.46. The highest BCUT2D eigenvalue weighted by atomic mass is 19.4. The maximum atomic E-state index is 13.8. The highest BCUT2D eigenvalue weighted by Gasteiger charge is 2.34. The summed E-state index contributed by atoms with van der Waals surface area (Å²) in [4.78, 5) is 11.5. The molecule has 0 aliphatic heterocycles. The Morgan fingerprint density at radius 2 is 1.81 bits per heavy atom. The molecule has 1 N–H and O–H groups in total. The minimum atomic E-state index is -4.77. The number of ether oxygens (including phenoxy) is 1. The van der Waals surface area contributed by atoms with Gasteiger partial charge in [0.1, 0.15) is 6.61 Å². The first-order chi connectivity index (χ1) is 12.4. The van der Waals surface area contributed by atoms with Gasteiger partial charge in [-0.15, -0.1) is 0 Å². The van der Waals surface area contributed by atoms with E-state index in [0.29, 0.717) is 6.07 Å². The molecule has 0 radical (unpaired) electrons. The molecule has 3 nitrogen and oxygen atoms in total. The molecule has 2 aromatic rings.